The molecular formula is C13H27NO. The minimum absolute atomic E-state index is 0.348. The Morgan fingerprint density at radius 2 is 1.67 bits per heavy atom. The Morgan fingerprint density at radius 3 is 2.07 bits per heavy atom. The smallest absolute Gasteiger partial charge is 0.0594 e. The number of nitrogens with one attached hydrogen (secondary N) is 1. The van der Waals surface area contributed by atoms with Crippen molar-refractivity contribution in [1.82, 2.24) is 5.32 Å². The first-order valence-electron chi connectivity index (χ1n) is 6.12. The Hall–Kier alpha value is -0.0800. The van der Waals surface area contributed by atoms with Crippen molar-refractivity contribution >= 4 is 0 Å². The molecule has 1 N–H and O–H groups in total. The van der Waals surface area contributed by atoms with E-state index in [1.807, 2.05) is 0 Å². The van der Waals surface area contributed by atoms with Gasteiger partial charge in [-0.25, -0.2) is 0 Å². The van der Waals surface area contributed by atoms with E-state index >= 15 is 0 Å². The third kappa shape index (κ3) is 2.73. The molecule has 1 aliphatic carbocycles. The molecule has 2 nitrogen and oxygen atoms in total. The van der Waals surface area contributed by atoms with Gasteiger partial charge in [0, 0.05) is 6.54 Å². The fraction of sp³-hybridized carbons (Fsp3) is 1.00. The summed E-state index contributed by atoms with van der Waals surface area (Å²) >= 11 is 0. The summed E-state index contributed by atoms with van der Waals surface area (Å²) in [5.74, 6) is 0.809. The van der Waals surface area contributed by atoms with Crippen LogP contribution in [0.1, 0.15) is 41.5 Å². The van der Waals surface area contributed by atoms with Gasteiger partial charge < -0.3 is 10.1 Å². The molecule has 1 saturated carbocycles. The van der Waals surface area contributed by atoms with E-state index in [-0.39, 0.29) is 0 Å². The van der Waals surface area contributed by atoms with Crippen molar-refractivity contribution in [2.45, 2.75) is 47.6 Å². The molecule has 1 fully saturated rings. The van der Waals surface area contributed by atoms with Crippen molar-refractivity contribution < 1.29 is 4.74 Å². The summed E-state index contributed by atoms with van der Waals surface area (Å²) in [4.78, 5) is 0. The van der Waals surface area contributed by atoms with Crippen LogP contribution in [-0.2, 0) is 4.74 Å². The monoisotopic (exact) mass is 213 g/mol. The van der Waals surface area contributed by atoms with Crippen molar-refractivity contribution in [3.05, 3.63) is 0 Å². The van der Waals surface area contributed by atoms with Gasteiger partial charge in [-0.05, 0) is 37.1 Å². The minimum atomic E-state index is 0.348. The highest BCUT2D eigenvalue weighted by Gasteiger charge is 2.63. The van der Waals surface area contributed by atoms with Crippen LogP contribution in [-0.4, -0.2) is 25.8 Å². The van der Waals surface area contributed by atoms with Crippen LogP contribution in [0.25, 0.3) is 0 Å². The van der Waals surface area contributed by atoms with Crippen molar-refractivity contribution in [2.24, 2.45) is 16.7 Å². The number of hydrogen-bond donors (Lipinski definition) is 1. The first-order valence-corrected chi connectivity index (χ1v) is 6.12. The summed E-state index contributed by atoms with van der Waals surface area (Å²) in [6.07, 6.45) is 0.348. The second-order valence-corrected chi connectivity index (χ2v) is 6.12. The van der Waals surface area contributed by atoms with Crippen LogP contribution < -0.4 is 5.32 Å². The van der Waals surface area contributed by atoms with Crippen molar-refractivity contribution in [2.75, 3.05) is 19.7 Å². The molecule has 0 atom stereocenters. The zero-order chi connectivity index (χ0) is 11.7. The minimum Gasteiger partial charge on any atom is -0.377 e. The Morgan fingerprint density at radius 1 is 1.13 bits per heavy atom. The van der Waals surface area contributed by atoms with Crippen molar-refractivity contribution in [3.63, 3.8) is 0 Å². The molecular weight excluding hydrogens is 186 g/mol. The molecule has 0 amide bonds. The molecule has 1 aliphatic rings. The molecule has 0 heterocycles. The van der Waals surface area contributed by atoms with E-state index in [1.54, 1.807) is 0 Å². The van der Waals surface area contributed by atoms with Gasteiger partial charge in [-0.15, -0.1) is 0 Å². The summed E-state index contributed by atoms with van der Waals surface area (Å²) in [5.41, 5.74) is 0.998. The van der Waals surface area contributed by atoms with Gasteiger partial charge in [-0.1, -0.05) is 27.7 Å². The normalized spacial score (nSPS) is 23.4. The Balaban J connectivity index is 2.08. The van der Waals surface area contributed by atoms with Gasteiger partial charge in [0.15, 0.2) is 0 Å². The molecule has 1 rings (SSSR count). The molecule has 0 aromatic rings. The van der Waals surface area contributed by atoms with E-state index in [4.69, 9.17) is 4.74 Å². The lowest BCUT2D eigenvalue weighted by Crippen LogP contribution is -2.24. The molecule has 0 saturated heterocycles. The molecule has 0 bridgehead atoms. The zero-order valence-electron chi connectivity index (χ0n) is 11.2. The van der Waals surface area contributed by atoms with Crippen molar-refractivity contribution in [3.8, 4) is 0 Å². The molecule has 90 valence electrons. The van der Waals surface area contributed by atoms with Crippen molar-refractivity contribution in [1.29, 1.82) is 0 Å². The molecule has 0 aromatic carbocycles. The number of hydrogen-bond acceptors (Lipinski definition) is 2. The lowest BCUT2D eigenvalue weighted by atomic mass is 10.0. The van der Waals surface area contributed by atoms with Crippen LogP contribution >= 0.6 is 0 Å². The van der Waals surface area contributed by atoms with E-state index < -0.39 is 0 Å². The highest BCUT2D eigenvalue weighted by Crippen LogP contribution is 2.67. The molecule has 0 unspecified atom stereocenters. The second-order valence-electron chi connectivity index (χ2n) is 6.12. The maximum Gasteiger partial charge on any atom is 0.0594 e. The lowest BCUT2D eigenvalue weighted by Gasteiger charge is -2.09. The van der Waals surface area contributed by atoms with Crippen LogP contribution in [0.5, 0.6) is 0 Å². The predicted octanol–water partition coefficient (Wildman–Crippen LogP) is 2.68. The lowest BCUT2D eigenvalue weighted by molar-refractivity contribution is 0.0806. The Kier molecular flexibility index (Phi) is 3.83. The van der Waals surface area contributed by atoms with E-state index in [1.165, 1.54) is 0 Å². The van der Waals surface area contributed by atoms with Gasteiger partial charge in [0.05, 0.1) is 12.7 Å². The quantitative estimate of drug-likeness (QED) is 0.685. The fourth-order valence-corrected chi connectivity index (χ4v) is 2.46. The summed E-state index contributed by atoms with van der Waals surface area (Å²) in [7, 11) is 0. The summed E-state index contributed by atoms with van der Waals surface area (Å²) < 4.78 is 5.49. The van der Waals surface area contributed by atoms with E-state index in [9.17, 15) is 0 Å². The summed E-state index contributed by atoms with van der Waals surface area (Å²) in [6.45, 7) is 16.5. The largest absolute Gasteiger partial charge is 0.377 e. The average Bonchev–Trinajstić information content (AvgIpc) is 2.45. The predicted molar refractivity (Wildman–Crippen MR) is 65.0 cm³/mol. The van der Waals surface area contributed by atoms with Gasteiger partial charge in [0.2, 0.25) is 0 Å². The number of ether oxygens (including phenoxy) is 1. The second kappa shape index (κ2) is 4.42. The van der Waals surface area contributed by atoms with Crippen LogP contribution in [0, 0.1) is 16.7 Å². The molecule has 2 heteroatoms. The fourth-order valence-electron chi connectivity index (χ4n) is 2.46. The summed E-state index contributed by atoms with van der Waals surface area (Å²) in [5, 5.41) is 3.49. The maximum atomic E-state index is 5.49. The Bertz CT molecular complexity index is 195. The van der Waals surface area contributed by atoms with Gasteiger partial charge in [0.25, 0.3) is 0 Å². The van der Waals surface area contributed by atoms with Gasteiger partial charge in [0.1, 0.15) is 0 Å². The van der Waals surface area contributed by atoms with Crippen LogP contribution in [0.15, 0.2) is 0 Å². The summed E-state index contributed by atoms with van der Waals surface area (Å²) in [6, 6.07) is 0. The van der Waals surface area contributed by atoms with E-state index in [2.05, 4.69) is 46.9 Å². The van der Waals surface area contributed by atoms with E-state index in [0.29, 0.717) is 16.9 Å². The topological polar surface area (TPSA) is 21.3 Å². The number of rotatable bonds is 6. The third-order valence-electron chi connectivity index (χ3n) is 4.40. The molecule has 0 aliphatic heterocycles. The first-order chi connectivity index (χ1) is 6.80. The van der Waals surface area contributed by atoms with Crippen LogP contribution in [0.2, 0.25) is 0 Å². The maximum absolute atomic E-state index is 5.49. The molecule has 0 spiro atoms. The zero-order valence-corrected chi connectivity index (χ0v) is 11.2. The van der Waals surface area contributed by atoms with Crippen LogP contribution in [0.3, 0.4) is 0 Å². The first kappa shape index (κ1) is 13.0. The van der Waals surface area contributed by atoms with Crippen LogP contribution in [0.4, 0.5) is 0 Å². The third-order valence-corrected chi connectivity index (χ3v) is 4.40. The molecule has 15 heavy (non-hydrogen) atoms. The average molecular weight is 213 g/mol. The van der Waals surface area contributed by atoms with E-state index in [0.717, 1.165) is 25.6 Å². The highest BCUT2D eigenvalue weighted by atomic mass is 16.5. The standard InChI is InChI=1S/C13H27NO/c1-10(2)15-8-7-14-9-11-12(3,4)13(11,5)6/h10-11,14H,7-9H2,1-6H3. The molecule has 0 radical (unpaired) electrons. The molecule has 0 aromatic heterocycles. The highest BCUT2D eigenvalue weighted by molar-refractivity contribution is 5.12. The SMILES string of the molecule is CC(C)OCCNCC1C(C)(C)C1(C)C. The van der Waals surface area contributed by atoms with Gasteiger partial charge in [-0.3, -0.25) is 0 Å². The van der Waals surface area contributed by atoms with Gasteiger partial charge >= 0.3 is 0 Å². The Labute approximate surface area is 94.8 Å². The van der Waals surface area contributed by atoms with Gasteiger partial charge in [-0.2, -0.15) is 0 Å².